The van der Waals surface area contributed by atoms with E-state index in [1.54, 1.807) is 0 Å². The number of hydrogen-bond acceptors (Lipinski definition) is 5. The lowest BCUT2D eigenvalue weighted by atomic mass is 10.2. The summed E-state index contributed by atoms with van der Waals surface area (Å²) in [7, 11) is 0. The number of carbonyl (C=O) groups excluding carboxylic acids is 2. The molecule has 3 rings (SSSR count). The SMILES string of the molecule is O=C(NCc1ccccc1)C(=O)N/N=C\c1ccc(OC2CSC2)cc1. The molecule has 0 aromatic heterocycles. The van der Waals surface area contributed by atoms with Crippen LogP contribution in [0, 0.1) is 0 Å². The van der Waals surface area contributed by atoms with Gasteiger partial charge in [-0.3, -0.25) is 9.59 Å². The van der Waals surface area contributed by atoms with Gasteiger partial charge < -0.3 is 10.1 Å². The Morgan fingerprint density at radius 2 is 1.81 bits per heavy atom. The molecular formula is C19H19N3O3S. The molecule has 0 bridgehead atoms. The molecule has 26 heavy (non-hydrogen) atoms. The zero-order valence-electron chi connectivity index (χ0n) is 14.1. The minimum Gasteiger partial charge on any atom is -0.489 e. The monoisotopic (exact) mass is 369 g/mol. The Hall–Kier alpha value is -2.80. The van der Waals surface area contributed by atoms with Crippen molar-refractivity contribution >= 4 is 29.8 Å². The third kappa shape index (κ3) is 5.35. The molecule has 0 radical (unpaired) electrons. The minimum atomic E-state index is -0.806. The minimum absolute atomic E-state index is 0.289. The van der Waals surface area contributed by atoms with Crippen molar-refractivity contribution in [3.63, 3.8) is 0 Å². The van der Waals surface area contributed by atoms with Crippen LogP contribution >= 0.6 is 11.8 Å². The van der Waals surface area contributed by atoms with Crippen molar-refractivity contribution < 1.29 is 14.3 Å². The van der Waals surface area contributed by atoms with Crippen LogP contribution in [0.1, 0.15) is 11.1 Å². The van der Waals surface area contributed by atoms with Gasteiger partial charge in [0.2, 0.25) is 0 Å². The molecule has 0 aliphatic carbocycles. The zero-order valence-corrected chi connectivity index (χ0v) is 14.9. The van der Waals surface area contributed by atoms with Crippen molar-refractivity contribution in [3.05, 3.63) is 65.7 Å². The predicted molar refractivity (Wildman–Crippen MR) is 102 cm³/mol. The lowest BCUT2D eigenvalue weighted by Gasteiger charge is -2.25. The third-order valence-corrected chi connectivity index (χ3v) is 4.89. The maximum absolute atomic E-state index is 11.7. The molecular weight excluding hydrogens is 350 g/mol. The third-order valence-electron chi connectivity index (χ3n) is 3.67. The molecule has 1 aliphatic rings. The molecule has 0 unspecified atom stereocenters. The van der Waals surface area contributed by atoms with Gasteiger partial charge >= 0.3 is 11.8 Å². The average Bonchev–Trinajstić information content (AvgIpc) is 2.64. The molecule has 1 aliphatic heterocycles. The van der Waals surface area contributed by atoms with Crippen molar-refractivity contribution in [2.75, 3.05) is 11.5 Å². The largest absolute Gasteiger partial charge is 0.489 e. The molecule has 1 fully saturated rings. The fourth-order valence-electron chi connectivity index (χ4n) is 2.18. The Bertz CT molecular complexity index is 774. The second-order valence-corrected chi connectivity index (χ2v) is 6.79. The van der Waals surface area contributed by atoms with Crippen LogP contribution in [0.5, 0.6) is 5.75 Å². The Morgan fingerprint density at radius 1 is 1.08 bits per heavy atom. The lowest BCUT2D eigenvalue weighted by Crippen LogP contribution is -2.37. The van der Waals surface area contributed by atoms with Crippen molar-refractivity contribution in [1.29, 1.82) is 0 Å². The molecule has 2 N–H and O–H groups in total. The summed E-state index contributed by atoms with van der Waals surface area (Å²) in [6.45, 7) is 0.289. The number of carbonyl (C=O) groups is 2. The highest BCUT2D eigenvalue weighted by Crippen LogP contribution is 2.23. The van der Waals surface area contributed by atoms with E-state index in [4.69, 9.17) is 4.74 Å². The number of amides is 2. The van der Waals surface area contributed by atoms with Gasteiger partial charge in [0.15, 0.2) is 0 Å². The van der Waals surface area contributed by atoms with Crippen molar-refractivity contribution in [2.24, 2.45) is 5.10 Å². The Labute approximate surface area is 156 Å². The van der Waals surface area contributed by atoms with Gasteiger partial charge in [-0.2, -0.15) is 16.9 Å². The van der Waals surface area contributed by atoms with E-state index in [2.05, 4.69) is 15.8 Å². The van der Waals surface area contributed by atoms with E-state index in [1.807, 2.05) is 66.4 Å². The van der Waals surface area contributed by atoms with Gasteiger partial charge in [-0.25, -0.2) is 5.43 Å². The second kappa shape index (κ2) is 9.05. The van der Waals surface area contributed by atoms with Gasteiger partial charge in [0.25, 0.3) is 0 Å². The molecule has 0 atom stereocenters. The van der Waals surface area contributed by atoms with Gasteiger partial charge in [-0.1, -0.05) is 30.3 Å². The highest BCUT2D eigenvalue weighted by molar-refractivity contribution is 8.00. The summed E-state index contributed by atoms with van der Waals surface area (Å²) in [6, 6.07) is 16.8. The number of ether oxygens (including phenoxy) is 1. The van der Waals surface area contributed by atoms with Crippen LogP contribution in [-0.4, -0.2) is 35.6 Å². The van der Waals surface area contributed by atoms with Crippen LogP contribution in [0.2, 0.25) is 0 Å². The number of rotatable bonds is 6. The number of hydrazone groups is 1. The van der Waals surface area contributed by atoms with Gasteiger partial charge in [-0.15, -0.1) is 0 Å². The van der Waals surface area contributed by atoms with Crippen LogP contribution in [0.3, 0.4) is 0 Å². The number of thioether (sulfide) groups is 1. The molecule has 2 aromatic rings. The van der Waals surface area contributed by atoms with Gasteiger partial charge in [0.1, 0.15) is 11.9 Å². The van der Waals surface area contributed by atoms with E-state index in [9.17, 15) is 9.59 Å². The summed E-state index contributed by atoms with van der Waals surface area (Å²) in [4.78, 5) is 23.4. The molecule has 0 saturated carbocycles. The van der Waals surface area contributed by atoms with E-state index in [0.717, 1.165) is 28.4 Å². The van der Waals surface area contributed by atoms with E-state index < -0.39 is 11.8 Å². The van der Waals surface area contributed by atoms with Crippen LogP contribution < -0.4 is 15.5 Å². The van der Waals surface area contributed by atoms with Crippen molar-refractivity contribution in [1.82, 2.24) is 10.7 Å². The number of nitrogens with zero attached hydrogens (tertiary/aromatic N) is 1. The molecule has 2 aromatic carbocycles. The van der Waals surface area contributed by atoms with E-state index in [0.29, 0.717) is 6.10 Å². The smallest absolute Gasteiger partial charge is 0.329 e. The fraction of sp³-hybridized carbons (Fsp3) is 0.211. The maximum atomic E-state index is 11.7. The van der Waals surface area contributed by atoms with Crippen molar-refractivity contribution in [3.8, 4) is 5.75 Å². The molecule has 0 spiro atoms. The number of nitrogens with one attached hydrogen (secondary N) is 2. The van der Waals surface area contributed by atoms with Crippen LogP contribution in [0.25, 0.3) is 0 Å². The first-order valence-corrected chi connectivity index (χ1v) is 9.36. The van der Waals surface area contributed by atoms with Crippen LogP contribution in [-0.2, 0) is 16.1 Å². The van der Waals surface area contributed by atoms with E-state index in [1.165, 1.54) is 6.21 Å². The standard InChI is InChI=1S/C19H19N3O3S/c23-18(20-10-14-4-2-1-3-5-14)19(24)22-21-11-15-6-8-16(9-7-15)25-17-12-26-13-17/h1-9,11,17H,10,12-13H2,(H,20,23)(H,22,24)/b21-11-. The molecule has 2 amide bonds. The van der Waals surface area contributed by atoms with Crippen LogP contribution in [0.4, 0.5) is 0 Å². The van der Waals surface area contributed by atoms with Crippen LogP contribution in [0.15, 0.2) is 59.7 Å². The fourth-order valence-corrected chi connectivity index (χ4v) is 2.75. The molecule has 1 saturated heterocycles. The normalized spacial score (nSPS) is 13.8. The Morgan fingerprint density at radius 3 is 2.46 bits per heavy atom. The van der Waals surface area contributed by atoms with E-state index >= 15 is 0 Å². The highest BCUT2D eigenvalue weighted by Gasteiger charge is 2.19. The summed E-state index contributed by atoms with van der Waals surface area (Å²) < 4.78 is 5.75. The lowest BCUT2D eigenvalue weighted by molar-refractivity contribution is -0.139. The van der Waals surface area contributed by atoms with Gasteiger partial charge in [0, 0.05) is 18.1 Å². The Kier molecular flexibility index (Phi) is 6.27. The second-order valence-electron chi connectivity index (χ2n) is 5.71. The molecule has 134 valence electrons. The summed E-state index contributed by atoms with van der Waals surface area (Å²) in [5, 5.41) is 6.35. The summed E-state index contributed by atoms with van der Waals surface area (Å²) in [6.07, 6.45) is 1.78. The molecule has 1 heterocycles. The molecule has 7 heteroatoms. The predicted octanol–water partition coefficient (Wildman–Crippen LogP) is 1.95. The van der Waals surface area contributed by atoms with Crippen molar-refractivity contribution in [2.45, 2.75) is 12.6 Å². The average molecular weight is 369 g/mol. The number of hydrogen-bond donors (Lipinski definition) is 2. The van der Waals surface area contributed by atoms with Gasteiger partial charge in [-0.05, 0) is 35.4 Å². The Balaban J connectivity index is 1.42. The topological polar surface area (TPSA) is 79.8 Å². The van der Waals surface area contributed by atoms with E-state index in [-0.39, 0.29) is 6.54 Å². The van der Waals surface area contributed by atoms with Gasteiger partial charge in [0.05, 0.1) is 6.21 Å². The first kappa shape index (κ1) is 18.0. The number of benzene rings is 2. The summed E-state index contributed by atoms with van der Waals surface area (Å²) >= 11 is 1.87. The first-order chi connectivity index (χ1) is 12.7. The summed E-state index contributed by atoms with van der Waals surface area (Å²) in [5.74, 6) is 1.34. The zero-order chi connectivity index (χ0) is 18.2. The molecule has 6 nitrogen and oxygen atoms in total. The summed E-state index contributed by atoms with van der Waals surface area (Å²) in [5.41, 5.74) is 3.93. The quantitative estimate of drug-likeness (QED) is 0.463. The first-order valence-electron chi connectivity index (χ1n) is 8.20. The maximum Gasteiger partial charge on any atom is 0.329 e. The highest BCUT2D eigenvalue weighted by atomic mass is 32.2.